The summed E-state index contributed by atoms with van der Waals surface area (Å²) in [5.74, 6) is -11.4. The Labute approximate surface area is 751 Å². The highest BCUT2D eigenvalue weighted by Gasteiger charge is 2.19. The molecule has 10 N–H and O–H groups in total. The van der Waals surface area contributed by atoms with E-state index in [2.05, 4.69) is 163 Å². The molecule has 0 spiro atoms. The number of anilines is 10. The highest BCUT2D eigenvalue weighted by molar-refractivity contribution is 5.81. The molecule has 0 unspecified atom stereocenters. The number of likely N-dealkylation sites (N-methyl/N-ethyl adjacent to an activating group) is 8. The van der Waals surface area contributed by atoms with Gasteiger partial charge >= 0.3 is 93.4 Å². The minimum atomic E-state index is -2.66. The monoisotopic (exact) mass is 1880 g/mol. The number of rotatable bonds is 34. The molecule has 0 saturated carbocycles. The first-order valence-corrected chi connectivity index (χ1v) is 36.6. The first-order valence-electron chi connectivity index (χ1n) is 44.1. The van der Waals surface area contributed by atoms with Crippen LogP contribution in [0, 0.1) is 0 Å². The van der Waals surface area contributed by atoms with Crippen LogP contribution < -0.4 is 107 Å². The molecule has 0 atom stereocenters. The van der Waals surface area contributed by atoms with Gasteiger partial charge in [-0.1, -0.05) is 13.8 Å². The van der Waals surface area contributed by atoms with E-state index < -0.39 is 142 Å². The van der Waals surface area contributed by atoms with E-state index in [1.807, 2.05) is 23.9 Å². The summed E-state index contributed by atoms with van der Waals surface area (Å²) in [4.78, 5) is 227. The van der Waals surface area contributed by atoms with Crippen LogP contribution in [0.5, 0.6) is 0 Å². The van der Waals surface area contributed by atoms with E-state index in [4.69, 9.17) is 34.8 Å². The predicted octanol–water partition coefficient (Wildman–Crippen LogP) is -4.64. The van der Waals surface area contributed by atoms with Crippen molar-refractivity contribution in [2.75, 3.05) is 212 Å². The molecule has 724 valence electrons. The number of nitrogens with zero attached hydrogens (tertiary/aromatic N) is 20. The van der Waals surface area contributed by atoms with Gasteiger partial charge in [-0.2, -0.15) is 0 Å². The van der Waals surface area contributed by atoms with Crippen molar-refractivity contribution in [2.24, 2.45) is 0 Å². The van der Waals surface area contributed by atoms with Gasteiger partial charge in [-0.3, -0.25) is 133 Å². The SMILES string of the molecule is CC(=O)CN(C)c1noc(=O)[nH]1.CC(C)OC(=O)CN(C)c1noc(=O)[nH]1.CCCN(C)c1noc(=O)[nH]1.CCOC(=O)CN(C)c1noc(=O)[nH]1.COC(=O)CN(C)c1noc(=O)[nH]1.[2H]C([2H])([2H])N(CC(=O)OC(C)C)c1noc(=O)[nH]1.[2H]C([2H])([2H])N(CC(=O)OC)c1noc(=O)[nH]1.[2H]C([2H])([2H])N(CC(=O)OCC)c1noc(=O)[nH]1.[2H]C([2H])([2H])N(CC(C)=O)c1noc(=O)[nH]1.[2H]C([2H])([2H])N(CCC)c1noc(=O)[nH]1. The zero-order valence-electron chi connectivity index (χ0n) is 87.4. The molecule has 0 aliphatic heterocycles. The quantitative estimate of drug-likeness (QED) is 0.0134. The number of H-pyrrole nitrogens is 10. The van der Waals surface area contributed by atoms with E-state index in [-0.39, 0.29) is 129 Å². The summed E-state index contributed by atoms with van der Waals surface area (Å²) in [6.07, 6.45) is 1.10. The second kappa shape index (κ2) is 59.4. The Balaban J connectivity index is 0.000000808. The number of hydrogen-bond acceptors (Lipinski definition) is 54. The van der Waals surface area contributed by atoms with Crippen molar-refractivity contribution in [3.8, 4) is 0 Å². The number of Topliss-reactive ketones (excluding diaryl/α,β-unsaturated/α-hetero) is 2. The number of ketones is 2. The fourth-order valence-corrected chi connectivity index (χ4v) is 7.66. The summed E-state index contributed by atoms with van der Waals surface area (Å²) in [5, 5.41) is 33.3. The number of methoxy groups -OCH3 is 2. The summed E-state index contributed by atoms with van der Waals surface area (Å²) >= 11 is 0. The Morgan fingerprint density at radius 1 is 0.285 bits per heavy atom. The van der Waals surface area contributed by atoms with E-state index in [1.165, 1.54) is 40.6 Å². The highest BCUT2D eigenvalue weighted by Crippen LogP contribution is 2.08. The molecule has 0 aliphatic carbocycles. The third kappa shape index (κ3) is 47.4. The Bertz CT molecular complexity index is 6180. The Morgan fingerprint density at radius 3 is 0.669 bits per heavy atom. The number of carbonyl (C=O) groups excluding carboxylic acids is 8. The molecule has 0 aliphatic rings. The van der Waals surface area contributed by atoms with Crippen LogP contribution in [-0.2, 0) is 66.8 Å². The van der Waals surface area contributed by atoms with Gasteiger partial charge in [0.2, 0.25) is 59.5 Å². The van der Waals surface area contributed by atoms with Gasteiger partial charge in [0, 0.05) is 104 Å². The standard InChI is InChI=1S/2C8H13N3O4.2C7H11N3O4.2C6H9N3O4.2C6H9N3O3.2C6H11N3O2/c2*1-5(2)14-6(12)4-11(3)7-9-8(13)15-10-7;2*1-3-13-5(11)4-10(2)6-8-7(12)14-9-6;2*1-9(3-4(10)12-2)5-7-6(11)13-8-5;2*1-4(10)3-9(2)5-7-6(11)12-8-5;2*1-3-4-9(2)5-7-6(10)11-8-5/h2*5H,4H2,1-3H3,(H,9,10,13);2*3-4H2,1-2H3,(H,8,9,12);2*3H2,1-2H3,(H,7,8,11);2*3H2,1-2H3,(H,7,8,11);2*3-4H2,1-2H3,(H,7,8,10)/i3D3;;2D3;;1D3;;2D3;;2D3;. The van der Waals surface area contributed by atoms with Crippen molar-refractivity contribution in [1.82, 2.24) is 101 Å². The summed E-state index contributed by atoms with van der Waals surface area (Å²) < 4.78 is 178. The number of nitrogens with one attached hydrogen (secondary N) is 10. The maximum Gasteiger partial charge on any atom is 0.440 e. The maximum absolute atomic E-state index is 11.4. The van der Waals surface area contributed by atoms with Crippen molar-refractivity contribution in [1.29, 1.82) is 0 Å². The van der Waals surface area contributed by atoms with E-state index >= 15 is 0 Å². The van der Waals surface area contributed by atoms with Crippen molar-refractivity contribution < 1.29 is 133 Å². The lowest BCUT2D eigenvalue weighted by atomic mass is 10.4. The minimum absolute atomic E-state index is 0.000648. The number of hydrogen-bond donors (Lipinski definition) is 10. The average Bonchev–Trinajstić information content (AvgIpc) is 1.78. The van der Waals surface area contributed by atoms with Gasteiger partial charge in [0.25, 0.3) is 0 Å². The van der Waals surface area contributed by atoms with Gasteiger partial charge in [0.1, 0.15) is 50.8 Å². The van der Waals surface area contributed by atoms with Crippen molar-refractivity contribution in [3.63, 3.8) is 0 Å². The van der Waals surface area contributed by atoms with E-state index in [0.29, 0.717) is 38.6 Å². The third-order valence-corrected chi connectivity index (χ3v) is 13.0. The summed E-state index contributed by atoms with van der Waals surface area (Å²) in [6, 6.07) is 0. The van der Waals surface area contributed by atoms with Gasteiger partial charge in [-0.15, -0.1) is 0 Å². The number of carbonyl (C=O) groups is 8. The Kier molecular flexibility index (Phi) is 39.8. The van der Waals surface area contributed by atoms with Crippen LogP contribution in [0.2, 0.25) is 0 Å². The predicted molar refractivity (Wildman–Crippen MR) is 446 cm³/mol. The van der Waals surface area contributed by atoms with Crippen LogP contribution in [0.4, 0.5) is 59.5 Å². The van der Waals surface area contributed by atoms with Crippen LogP contribution >= 0.6 is 0 Å². The van der Waals surface area contributed by atoms with E-state index in [0.717, 1.165) is 25.0 Å². The number of ether oxygens (including phenoxy) is 6. The van der Waals surface area contributed by atoms with E-state index in [9.17, 15) is 86.3 Å². The third-order valence-electron chi connectivity index (χ3n) is 13.0. The molecule has 130 heavy (non-hydrogen) atoms. The molecule has 0 amide bonds. The molecule has 64 nitrogen and oxygen atoms in total. The number of esters is 6. The lowest BCUT2D eigenvalue weighted by molar-refractivity contribution is -0.146. The fraction of sp³-hybridized carbons (Fsp3) is 0.576. The summed E-state index contributed by atoms with van der Waals surface area (Å²) in [5.41, 5.74) is 0. The Morgan fingerprint density at radius 2 is 0.462 bits per heavy atom. The number of aromatic amines is 10. The zero-order chi connectivity index (χ0) is 111. The van der Waals surface area contributed by atoms with Crippen molar-refractivity contribution in [2.45, 2.75) is 94.3 Å². The van der Waals surface area contributed by atoms with Crippen LogP contribution in [-0.4, -0.2) is 324 Å². The van der Waals surface area contributed by atoms with Crippen LogP contribution in [0.15, 0.2) is 93.2 Å². The normalized spacial score (nSPS) is 12.2. The first kappa shape index (κ1) is 87.1. The van der Waals surface area contributed by atoms with E-state index in [1.54, 1.807) is 69.7 Å². The smallest absolute Gasteiger partial charge is 0.440 e. The molecule has 0 aromatic carbocycles. The van der Waals surface area contributed by atoms with Gasteiger partial charge < -0.3 is 77.4 Å². The van der Waals surface area contributed by atoms with Gasteiger partial charge in [0.15, 0.2) is 0 Å². The van der Waals surface area contributed by atoms with Gasteiger partial charge in [-0.25, -0.2) is 47.9 Å². The molecule has 10 rings (SSSR count). The fourth-order valence-electron chi connectivity index (χ4n) is 7.66. The maximum atomic E-state index is 11.4. The minimum Gasteiger partial charge on any atom is -0.468 e. The van der Waals surface area contributed by atoms with Crippen LogP contribution in [0.1, 0.15) is 103 Å². The molecular formula is C66H106N30O34. The molecule has 10 aromatic heterocycles. The first-order chi connectivity index (χ1) is 67.2. The average molecular weight is 1880 g/mol. The second-order valence-electron chi connectivity index (χ2n) is 24.8. The molecular weight excluding hydrogens is 1760 g/mol. The van der Waals surface area contributed by atoms with Crippen LogP contribution in [0.25, 0.3) is 0 Å². The van der Waals surface area contributed by atoms with Crippen molar-refractivity contribution >= 4 is 107 Å². The topological polar surface area (TPSA) is 813 Å². The molecule has 0 fully saturated rings. The van der Waals surface area contributed by atoms with Crippen molar-refractivity contribution in [3.05, 3.63) is 106 Å². The van der Waals surface area contributed by atoms with Gasteiger partial charge in [0.05, 0.1) is 52.7 Å². The highest BCUT2D eigenvalue weighted by atomic mass is 16.6. The summed E-state index contributed by atoms with van der Waals surface area (Å²) in [6.45, 7) is 3.53. The lowest BCUT2D eigenvalue weighted by Crippen LogP contribution is -2.29. The second-order valence-corrected chi connectivity index (χ2v) is 24.8. The molecule has 0 bridgehead atoms. The summed E-state index contributed by atoms with van der Waals surface area (Å²) in [7, 11) is 10.6. The molecule has 0 saturated heterocycles. The molecule has 10 heterocycles. The zero-order valence-corrected chi connectivity index (χ0v) is 72.4. The largest absolute Gasteiger partial charge is 0.468 e. The molecule has 0 radical (unpaired) electrons. The lowest BCUT2D eigenvalue weighted by Gasteiger charge is -2.14. The number of aromatic nitrogens is 20. The Hall–Kier alpha value is -16.4. The van der Waals surface area contributed by atoms with Gasteiger partial charge in [-0.05, 0) is 120 Å². The molecule has 64 heteroatoms. The molecule has 10 aromatic rings. The van der Waals surface area contributed by atoms with Crippen LogP contribution in [0.3, 0.4) is 0 Å².